The Balaban J connectivity index is 1.91. The summed E-state index contributed by atoms with van der Waals surface area (Å²) in [5, 5.41) is 8.71. The molecule has 0 fully saturated rings. The van der Waals surface area contributed by atoms with E-state index in [1.807, 2.05) is 37.3 Å². The van der Waals surface area contributed by atoms with Crippen LogP contribution in [0.25, 0.3) is 0 Å². The lowest BCUT2D eigenvalue weighted by atomic mass is 10.1. The standard InChI is InChI=1S/C20H23ClN4O3S/c1-3-25-19(22-23-20(25)28-2)18(14-9-15-7-5-4-6-8-15)24-29(26,27)17-12-10-16(21)11-13-17/h4-8,10-13,18,24H,3,9,14H2,1-2H3. The Labute approximate surface area is 175 Å². The summed E-state index contributed by atoms with van der Waals surface area (Å²) < 4.78 is 35.7. The molecule has 29 heavy (non-hydrogen) atoms. The molecule has 154 valence electrons. The molecule has 0 aliphatic heterocycles. The third-order valence-electron chi connectivity index (χ3n) is 4.54. The van der Waals surface area contributed by atoms with Gasteiger partial charge in [0.15, 0.2) is 5.82 Å². The van der Waals surface area contributed by atoms with Crippen LogP contribution in [0.15, 0.2) is 59.5 Å². The summed E-state index contributed by atoms with van der Waals surface area (Å²) in [4.78, 5) is 0.140. The van der Waals surface area contributed by atoms with Crippen molar-refractivity contribution < 1.29 is 13.2 Å². The molecule has 0 bridgehead atoms. The third-order valence-corrected chi connectivity index (χ3v) is 6.28. The molecule has 1 N–H and O–H groups in total. The van der Waals surface area contributed by atoms with Crippen LogP contribution >= 0.6 is 11.6 Å². The lowest BCUT2D eigenvalue weighted by Gasteiger charge is -2.19. The zero-order valence-electron chi connectivity index (χ0n) is 16.2. The van der Waals surface area contributed by atoms with Gasteiger partial charge in [0.1, 0.15) is 0 Å². The maximum Gasteiger partial charge on any atom is 0.316 e. The van der Waals surface area contributed by atoms with Crippen LogP contribution in [0, 0.1) is 0 Å². The van der Waals surface area contributed by atoms with Gasteiger partial charge in [-0.1, -0.05) is 47.0 Å². The van der Waals surface area contributed by atoms with E-state index >= 15 is 0 Å². The fraction of sp³-hybridized carbons (Fsp3) is 0.300. The molecule has 0 spiro atoms. The monoisotopic (exact) mass is 434 g/mol. The zero-order valence-corrected chi connectivity index (χ0v) is 17.8. The van der Waals surface area contributed by atoms with Crippen LogP contribution in [0.2, 0.25) is 5.02 Å². The summed E-state index contributed by atoms with van der Waals surface area (Å²) >= 11 is 5.89. The number of ether oxygens (including phenoxy) is 1. The van der Waals surface area contributed by atoms with E-state index in [-0.39, 0.29) is 4.90 Å². The maximum absolute atomic E-state index is 13.0. The number of methoxy groups -OCH3 is 1. The fourth-order valence-electron chi connectivity index (χ4n) is 3.07. The number of nitrogens with zero attached hydrogens (tertiary/aromatic N) is 3. The summed E-state index contributed by atoms with van der Waals surface area (Å²) in [5.74, 6) is 0.512. The molecule has 1 unspecified atom stereocenters. The number of halogens is 1. The lowest BCUT2D eigenvalue weighted by Crippen LogP contribution is -2.31. The van der Waals surface area contributed by atoms with Gasteiger partial charge in [-0.15, -0.1) is 5.10 Å². The fourth-order valence-corrected chi connectivity index (χ4v) is 4.43. The maximum atomic E-state index is 13.0. The molecule has 0 aliphatic carbocycles. The molecule has 0 radical (unpaired) electrons. The number of hydrogen-bond acceptors (Lipinski definition) is 5. The molecule has 0 saturated heterocycles. The van der Waals surface area contributed by atoms with Crippen LogP contribution in [0.1, 0.15) is 30.8 Å². The second kappa shape index (κ2) is 9.39. The Bertz CT molecular complexity index is 1040. The topological polar surface area (TPSA) is 86.1 Å². The van der Waals surface area contributed by atoms with Crippen LogP contribution in [-0.4, -0.2) is 30.3 Å². The highest BCUT2D eigenvalue weighted by Crippen LogP contribution is 2.24. The Kier molecular flexibility index (Phi) is 6.89. The predicted octanol–water partition coefficient (Wildman–Crippen LogP) is 3.61. The van der Waals surface area contributed by atoms with Crippen LogP contribution < -0.4 is 9.46 Å². The molecule has 0 amide bonds. The summed E-state index contributed by atoms with van der Waals surface area (Å²) in [5.41, 5.74) is 1.11. The average Bonchev–Trinajstić information content (AvgIpc) is 3.15. The molecule has 3 rings (SSSR count). The van der Waals surface area contributed by atoms with E-state index < -0.39 is 16.1 Å². The van der Waals surface area contributed by atoms with Crippen LogP contribution in [0.4, 0.5) is 0 Å². The van der Waals surface area contributed by atoms with Gasteiger partial charge in [0, 0.05) is 11.6 Å². The Morgan fingerprint density at radius 2 is 1.79 bits per heavy atom. The summed E-state index contributed by atoms with van der Waals surface area (Å²) in [6.45, 7) is 2.48. The normalized spacial score (nSPS) is 12.7. The molecule has 9 heteroatoms. The molecular formula is C20H23ClN4O3S. The first-order valence-electron chi connectivity index (χ1n) is 9.23. The van der Waals surface area contributed by atoms with Gasteiger partial charge in [0.25, 0.3) is 0 Å². The second-order valence-corrected chi connectivity index (χ2v) is 8.59. The highest BCUT2D eigenvalue weighted by Gasteiger charge is 2.27. The molecule has 0 saturated carbocycles. The molecule has 7 nitrogen and oxygen atoms in total. The van der Waals surface area contributed by atoms with Crippen molar-refractivity contribution in [2.24, 2.45) is 0 Å². The number of benzene rings is 2. The Morgan fingerprint density at radius 3 is 2.41 bits per heavy atom. The predicted molar refractivity (Wildman–Crippen MR) is 112 cm³/mol. The van der Waals surface area contributed by atoms with Crippen molar-refractivity contribution in [2.45, 2.75) is 37.2 Å². The minimum atomic E-state index is -3.78. The van der Waals surface area contributed by atoms with E-state index in [1.165, 1.54) is 19.2 Å². The van der Waals surface area contributed by atoms with Crippen molar-refractivity contribution in [3.05, 3.63) is 71.0 Å². The van der Waals surface area contributed by atoms with Crippen molar-refractivity contribution >= 4 is 21.6 Å². The number of hydrogen-bond donors (Lipinski definition) is 1. The molecule has 2 aromatic carbocycles. The largest absolute Gasteiger partial charge is 0.467 e. The van der Waals surface area contributed by atoms with E-state index in [1.54, 1.807) is 16.7 Å². The van der Waals surface area contributed by atoms with Gasteiger partial charge in [-0.2, -0.15) is 0 Å². The molecule has 1 aromatic heterocycles. The van der Waals surface area contributed by atoms with Gasteiger partial charge < -0.3 is 4.74 Å². The van der Waals surface area contributed by atoms with Crippen molar-refractivity contribution in [1.29, 1.82) is 0 Å². The highest BCUT2D eigenvalue weighted by atomic mass is 35.5. The first-order chi connectivity index (χ1) is 13.9. The van der Waals surface area contributed by atoms with Crippen LogP contribution in [0.5, 0.6) is 6.01 Å². The van der Waals surface area contributed by atoms with Gasteiger partial charge in [-0.3, -0.25) is 4.57 Å². The SMILES string of the molecule is CCn1c(OC)nnc1C(CCc1ccccc1)NS(=O)(=O)c1ccc(Cl)cc1. The Hall–Kier alpha value is -2.42. The van der Waals surface area contributed by atoms with Gasteiger partial charge in [-0.25, -0.2) is 13.1 Å². The summed E-state index contributed by atoms with van der Waals surface area (Å²) in [7, 11) is -2.27. The van der Waals surface area contributed by atoms with E-state index in [4.69, 9.17) is 16.3 Å². The van der Waals surface area contributed by atoms with E-state index in [0.29, 0.717) is 36.2 Å². The van der Waals surface area contributed by atoms with Gasteiger partial charge in [0.2, 0.25) is 10.0 Å². The minimum Gasteiger partial charge on any atom is -0.467 e. The highest BCUT2D eigenvalue weighted by molar-refractivity contribution is 7.89. The molecule has 1 heterocycles. The molecule has 3 aromatic rings. The number of aromatic nitrogens is 3. The summed E-state index contributed by atoms with van der Waals surface area (Å²) in [6, 6.07) is 15.7. The van der Waals surface area contributed by atoms with Gasteiger partial charge >= 0.3 is 6.01 Å². The third kappa shape index (κ3) is 5.14. The number of aryl methyl sites for hydroxylation is 1. The van der Waals surface area contributed by atoms with Crippen LogP contribution in [-0.2, 0) is 23.0 Å². The quantitative estimate of drug-likeness (QED) is 0.556. The van der Waals surface area contributed by atoms with Gasteiger partial charge in [-0.05, 0) is 49.6 Å². The lowest BCUT2D eigenvalue weighted by molar-refractivity contribution is 0.353. The molecular weight excluding hydrogens is 412 g/mol. The van der Waals surface area contributed by atoms with E-state index in [9.17, 15) is 8.42 Å². The van der Waals surface area contributed by atoms with Crippen molar-refractivity contribution in [3.63, 3.8) is 0 Å². The number of nitrogens with one attached hydrogen (secondary N) is 1. The molecule has 0 aliphatic rings. The van der Waals surface area contributed by atoms with Crippen molar-refractivity contribution in [3.8, 4) is 6.01 Å². The van der Waals surface area contributed by atoms with Gasteiger partial charge in [0.05, 0.1) is 18.0 Å². The van der Waals surface area contributed by atoms with E-state index in [0.717, 1.165) is 5.56 Å². The average molecular weight is 435 g/mol. The first-order valence-corrected chi connectivity index (χ1v) is 11.1. The Morgan fingerprint density at radius 1 is 1.10 bits per heavy atom. The zero-order chi connectivity index (χ0) is 20.9. The smallest absolute Gasteiger partial charge is 0.316 e. The second-order valence-electron chi connectivity index (χ2n) is 6.44. The minimum absolute atomic E-state index is 0.140. The number of sulfonamides is 1. The summed E-state index contributed by atoms with van der Waals surface area (Å²) in [6.07, 6.45) is 1.19. The molecule has 1 atom stereocenters. The number of rotatable bonds is 9. The van der Waals surface area contributed by atoms with Crippen molar-refractivity contribution in [1.82, 2.24) is 19.5 Å². The van der Waals surface area contributed by atoms with Crippen molar-refractivity contribution in [2.75, 3.05) is 7.11 Å². The van der Waals surface area contributed by atoms with Crippen LogP contribution in [0.3, 0.4) is 0 Å². The van der Waals surface area contributed by atoms with E-state index in [2.05, 4.69) is 14.9 Å². The first kappa shape index (κ1) is 21.3.